The Morgan fingerprint density at radius 2 is 1.70 bits per heavy atom. The molecule has 158 valence electrons. The molecule has 0 saturated heterocycles. The van der Waals surface area contributed by atoms with Gasteiger partial charge < -0.3 is 21.1 Å². The van der Waals surface area contributed by atoms with Crippen molar-refractivity contribution in [3.8, 4) is 5.75 Å². The van der Waals surface area contributed by atoms with Gasteiger partial charge in [-0.05, 0) is 30.5 Å². The zero-order chi connectivity index (χ0) is 22.0. The predicted molar refractivity (Wildman–Crippen MR) is 114 cm³/mol. The molecule has 0 aromatic heterocycles. The standard InChI is InChI=1S/C23H27N3O4/c1-13(2)21(23(25)29)30-17-11-7-10-16-19(17)18(20(27)22(24)28)14(3)26(16)12-15-8-5-4-6-9-15/h4-11,13-14,18,21H,12H2,1-3H3,(H2,24,28)(H2,25,29). The van der Waals surface area contributed by atoms with Crippen molar-refractivity contribution in [2.45, 2.75) is 45.4 Å². The summed E-state index contributed by atoms with van der Waals surface area (Å²) in [5, 5.41) is 0. The molecule has 3 unspecified atom stereocenters. The molecule has 0 aliphatic carbocycles. The van der Waals surface area contributed by atoms with Crippen LogP contribution in [0.15, 0.2) is 48.5 Å². The van der Waals surface area contributed by atoms with Crippen molar-refractivity contribution in [3.63, 3.8) is 0 Å². The van der Waals surface area contributed by atoms with Crippen molar-refractivity contribution in [1.82, 2.24) is 0 Å². The SMILES string of the molecule is CC(C)C(Oc1cccc2c1C(C(=O)C(N)=O)C(C)N2Cc1ccccc1)C(N)=O. The second kappa shape index (κ2) is 8.57. The molecule has 0 fully saturated rings. The van der Waals surface area contributed by atoms with Crippen LogP contribution in [-0.2, 0) is 20.9 Å². The average Bonchev–Trinajstić information content (AvgIpc) is 2.98. The predicted octanol–water partition coefficient (Wildman–Crippen LogP) is 2.12. The average molecular weight is 409 g/mol. The van der Waals surface area contributed by atoms with Gasteiger partial charge in [-0.3, -0.25) is 14.4 Å². The van der Waals surface area contributed by atoms with E-state index >= 15 is 0 Å². The topological polar surface area (TPSA) is 116 Å². The Morgan fingerprint density at radius 3 is 2.27 bits per heavy atom. The van der Waals surface area contributed by atoms with Gasteiger partial charge in [0.05, 0.1) is 5.92 Å². The minimum absolute atomic E-state index is 0.164. The van der Waals surface area contributed by atoms with Crippen LogP contribution in [0.2, 0.25) is 0 Å². The lowest BCUT2D eigenvalue weighted by Crippen LogP contribution is -2.39. The van der Waals surface area contributed by atoms with Crippen molar-refractivity contribution in [3.05, 3.63) is 59.7 Å². The van der Waals surface area contributed by atoms with Crippen LogP contribution in [-0.4, -0.2) is 29.7 Å². The van der Waals surface area contributed by atoms with Gasteiger partial charge in [-0.25, -0.2) is 0 Å². The molecule has 2 aromatic carbocycles. The molecule has 0 saturated carbocycles. The molecule has 1 aliphatic rings. The third-order valence-electron chi connectivity index (χ3n) is 5.50. The highest BCUT2D eigenvalue weighted by Crippen LogP contribution is 2.47. The molecule has 2 amide bonds. The zero-order valence-corrected chi connectivity index (χ0v) is 17.4. The molecule has 1 aliphatic heterocycles. The fourth-order valence-corrected chi connectivity index (χ4v) is 4.01. The number of Topliss-reactive ketones (excluding diaryl/α,β-unsaturated/α-hetero) is 1. The van der Waals surface area contributed by atoms with E-state index in [4.69, 9.17) is 16.2 Å². The van der Waals surface area contributed by atoms with Gasteiger partial charge in [0.1, 0.15) is 5.75 Å². The third kappa shape index (κ3) is 4.01. The van der Waals surface area contributed by atoms with E-state index in [2.05, 4.69) is 4.90 Å². The lowest BCUT2D eigenvalue weighted by molar-refractivity contribution is -0.137. The number of carbonyl (C=O) groups excluding carboxylic acids is 3. The van der Waals surface area contributed by atoms with Gasteiger partial charge in [0.15, 0.2) is 6.10 Å². The number of primary amides is 2. The molecular weight excluding hydrogens is 382 g/mol. The Kier molecular flexibility index (Phi) is 6.10. The van der Waals surface area contributed by atoms with Crippen LogP contribution in [0.3, 0.4) is 0 Å². The summed E-state index contributed by atoms with van der Waals surface area (Å²) in [4.78, 5) is 38.5. The number of ether oxygens (including phenoxy) is 1. The van der Waals surface area contributed by atoms with Crippen molar-refractivity contribution in [2.75, 3.05) is 4.90 Å². The number of nitrogens with zero attached hydrogens (tertiary/aromatic N) is 1. The molecule has 7 heteroatoms. The molecule has 3 rings (SSSR count). The molecule has 0 spiro atoms. The van der Waals surface area contributed by atoms with Crippen LogP contribution in [0.4, 0.5) is 5.69 Å². The molecule has 1 heterocycles. The van der Waals surface area contributed by atoms with E-state index in [1.807, 2.05) is 57.2 Å². The first-order chi connectivity index (χ1) is 14.2. The maximum absolute atomic E-state index is 12.8. The summed E-state index contributed by atoms with van der Waals surface area (Å²) in [5.74, 6) is -2.86. The van der Waals surface area contributed by atoms with Gasteiger partial charge in [-0.2, -0.15) is 0 Å². The minimum Gasteiger partial charge on any atom is -0.480 e. The summed E-state index contributed by atoms with van der Waals surface area (Å²) in [6.07, 6.45) is -0.862. The third-order valence-corrected chi connectivity index (χ3v) is 5.50. The van der Waals surface area contributed by atoms with Crippen molar-refractivity contribution in [2.24, 2.45) is 17.4 Å². The number of benzene rings is 2. The first-order valence-electron chi connectivity index (χ1n) is 9.95. The van der Waals surface area contributed by atoms with E-state index in [1.54, 1.807) is 12.1 Å². The summed E-state index contributed by atoms with van der Waals surface area (Å²) >= 11 is 0. The Hall–Kier alpha value is -3.35. The zero-order valence-electron chi connectivity index (χ0n) is 17.4. The summed E-state index contributed by atoms with van der Waals surface area (Å²) in [6, 6.07) is 14.9. The van der Waals surface area contributed by atoms with Gasteiger partial charge >= 0.3 is 0 Å². The summed E-state index contributed by atoms with van der Waals surface area (Å²) in [7, 11) is 0. The van der Waals surface area contributed by atoms with Crippen LogP contribution in [0.1, 0.15) is 37.8 Å². The van der Waals surface area contributed by atoms with E-state index in [1.165, 1.54) is 0 Å². The van der Waals surface area contributed by atoms with Crippen LogP contribution in [0.25, 0.3) is 0 Å². The Bertz CT molecular complexity index is 958. The second-order valence-electron chi connectivity index (χ2n) is 7.93. The highest BCUT2D eigenvalue weighted by Gasteiger charge is 2.44. The molecule has 0 radical (unpaired) electrons. The van der Waals surface area contributed by atoms with Crippen molar-refractivity contribution >= 4 is 23.3 Å². The molecule has 30 heavy (non-hydrogen) atoms. The van der Waals surface area contributed by atoms with Crippen LogP contribution in [0, 0.1) is 5.92 Å². The van der Waals surface area contributed by atoms with E-state index in [-0.39, 0.29) is 12.0 Å². The number of nitrogens with two attached hydrogens (primary N) is 2. The van der Waals surface area contributed by atoms with Crippen LogP contribution in [0.5, 0.6) is 5.75 Å². The highest BCUT2D eigenvalue weighted by molar-refractivity contribution is 6.38. The van der Waals surface area contributed by atoms with Gasteiger partial charge in [0.25, 0.3) is 11.8 Å². The van der Waals surface area contributed by atoms with E-state index in [0.29, 0.717) is 17.9 Å². The molecule has 2 aromatic rings. The largest absolute Gasteiger partial charge is 0.480 e. The van der Waals surface area contributed by atoms with Crippen LogP contribution < -0.4 is 21.1 Å². The van der Waals surface area contributed by atoms with E-state index in [9.17, 15) is 14.4 Å². The number of ketones is 1. The number of amides is 2. The van der Waals surface area contributed by atoms with Gasteiger partial charge in [-0.15, -0.1) is 0 Å². The molecular formula is C23H27N3O4. The van der Waals surface area contributed by atoms with E-state index < -0.39 is 29.6 Å². The monoisotopic (exact) mass is 409 g/mol. The number of hydrogen-bond donors (Lipinski definition) is 2. The quantitative estimate of drug-likeness (QED) is 0.648. The normalized spacial score (nSPS) is 18.7. The summed E-state index contributed by atoms with van der Waals surface area (Å²) < 4.78 is 5.98. The smallest absolute Gasteiger partial charge is 0.285 e. The number of rotatable bonds is 8. The van der Waals surface area contributed by atoms with Gasteiger partial charge in [-0.1, -0.05) is 50.2 Å². The lowest BCUT2D eigenvalue weighted by atomic mass is 9.90. The lowest BCUT2D eigenvalue weighted by Gasteiger charge is -2.26. The fraction of sp³-hybridized carbons (Fsp3) is 0.348. The summed E-state index contributed by atoms with van der Waals surface area (Å²) in [5.41, 5.74) is 13.3. The van der Waals surface area contributed by atoms with Crippen LogP contribution >= 0.6 is 0 Å². The highest BCUT2D eigenvalue weighted by atomic mass is 16.5. The molecule has 7 nitrogen and oxygen atoms in total. The number of anilines is 1. The Labute approximate surface area is 176 Å². The Balaban J connectivity index is 2.09. The summed E-state index contributed by atoms with van der Waals surface area (Å²) in [6.45, 7) is 6.08. The van der Waals surface area contributed by atoms with Gasteiger partial charge in [0, 0.05) is 23.8 Å². The molecule has 4 N–H and O–H groups in total. The minimum atomic E-state index is -0.996. The number of carbonyl (C=O) groups is 3. The number of fused-ring (bicyclic) bond motifs is 1. The molecule has 0 bridgehead atoms. The van der Waals surface area contributed by atoms with Gasteiger partial charge in [0.2, 0.25) is 5.78 Å². The Morgan fingerprint density at radius 1 is 1.03 bits per heavy atom. The van der Waals surface area contributed by atoms with Crippen molar-refractivity contribution < 1.29 is 19.1 Å². The second-order valence-corrected chi connectivity index (χ2v) is 7.93. The van der Waals surface area contributed by atoms with E-state index in [0.717, 1.165) is 11.3 Å². The maximum atomic E-state index is 12.8. The first-order valence-corrected chi connectivity index (χ1v) is 9.95. The van der Waals surface area contributed by atoms with Crippen molar-refractivity contribution in [1.29, 1.82) is 0 Å². The number of hydrogen-bond acceptors (Lipinski definition) is 5. The fourth-order valence-electron chi connectivity index (χ4n) is 4.01. The maximum Gasteiger partial charge on any atom is 0.285 e. The first kappa shape index (κ1) is 21.4. The molecule has 3 atom stereocenters.